The molecule has 0 amide bonds. The van der Waals surface area contributed by atoms with Gasteiger partial charge in [-0.25, -0.2) is 13.2 Å². The summed E-state index contributed by atoms with van der Waals surface area (Å²) in [4.78, 5) is 0. The first-order chi connectivity index (χ1) is 7.61. The van der Waals surface area contributed by atoms with Crippen LogP contribution in [-0.2, 0) is 0 Å². The summed E-state index contributed by atoms with van der Waals surface area (Å²) >= 11 is 0. The highest BCUT2D eigenvalue weighted by atomic mass is 19.2. The molecule has 2 N–H and O–H groups in total. The van der Waals surface area contributed by atoms with Gasteiger partial charge in [0.05, 0.1) is 0 Å². The summed E-state index contributed by atoms with van der Waals surface area (Å²) in [7, 11) is 0. The van der Waals surface area contributed by atoms with Gasteiger partial charge in [0, 0.05) is 11.6 Å². The molecule has 16 heavy (non-hydrogen) atoms. The average Bonchev–Trinajstić information content (AvgIpc) is 2.77. The lowest BCUT2D eigenvalue weighted by Gasteiger charge is -2.20. The molecule has 2 rings (SSSR count). The highest BCUT2D eigenvalue weighted by molar-refractivity contribution is 5.25. The molecule has 1 aromatic carbocycles. The third-order valence-corrected chi connectivity index (χ3v) is 3.32. The molecular weight excluding hydrogens is 215 g/mol. The molecule has 1 nitrogen and oxygen atoms in total. The molecule has 1 saturated carbocycles. The van der Waals surface area contributed by atoms with Gasteiger partial charge in [0.25, 0.3) is 0 Å². The molecule has 88 valence electrons. The molecule has 4 heteroatoms. The zero-order chi connectivity index (χ0) is 11.7. The van der Waals surface area contributed by atoms with Gasteiger partial charge in [0.2, 0.25) is 0 Å². The average molecular weight is 229 g/mol. The summed E-state index contributed by atoms with van der Waals surface area (Å²) in [5, 5.41) is 0. The highest BCUT2D eigenvalue weighted by Crippen LogP contribution is 2.36. The maximum absolute atomic E-state index is 13.5. The van der Waals surface area contributed by atoms with Crippen LogP contribution >= 0.6 is 0 Å². The van der Waals surface area contributed by atoms with Crippen molar-refractivity contribution < 1.29 is 13.2 Å². The zero-order valence-corrected chi connectivity index (χ0v) is 8.85. The Morgan fingerprint density at radius 2 is 1.62 bits per heavy atom. The van der Waals surface area contributed by atoms with Gasteiger partial charge in [-0.2, -0.15) is 0 Å². The lowest BCUT2D eigenvalue weighted by molar-refractivity contribution is 0.396. The van der Waals surface area contributed by atoms with Gasteiger partial charge >= 0.3 is 0 Å². The minimum atomic E-state index is -1.14. The quantitative estimate of drug-likeness (QED) is 0.774. The van der Waals surface area contributed by atoms with E-state index in [1.807, 2.05) is 0 Å². The second-order valence-electron chi connectivity index (χ2n) is 4.33. The molecule has 0 aliphatic heterocycles. The van der Waals surface area contributed by atoms with E-state index in [-0.39, 0.29) is 11.5 Å². The zero-order valence-electron chi connectivity index (χ0n) is 8.85. The number of benzene rings is 1. The molecule has 0 heterocycles. The Morgan fingerprint density at radius 1 is 1.06 bits per heavy atom. The number of halogens is 3. The molecule has 0 unspecified atom stereocenters. The second kappa shape index (κ2) is 4.45. The fourth-order valence-corrected chi connectivity index (χ4v) is 2.40. The summed E-state index contributed by atoms with van der Waals surface area (Å²) in [6.07, 6.45) is 3.76. The summed E-state index contributed by atoms with van der Waals surface area (Å²) < 4.78 is 39.9. The number of nitrogens with two attached hydrogens (primary N) is 1. The first kappa shape index (κ1) is 11.5. The minimum absolute atomic E-state index is 0.0609. The van der Waals surface area contributed by atoms with E-state index in [0.29, 0.717) is 0 Å². The summed E-state index contributed by atoms with van der Waals surface area (Å²) in [6.45, 7) is 0. The first-order valence-corrected chi connectivity index (χ1v) is 5.50. The van der Waals surface area contributed by atoms with E-state index in [9.17, 15) is 13.2 Å². The van der Waals surface area contributed by atoms with Crippen molar-refractivity contribution in [2.75, 3.05) is 0 Å². The van der Waals surface area contributed by atoms with Gasteiger partial charge < -0.3 is 5.73 Å². The Balaban J connectivity index is 2.34. The normalized spacial score (nSPS) is 19.0. The Kier molecular flexibility index (Phi) is 3.19. The minimum Gasteiger partial charge on any atom is -0.324 e. The monoisotopic (exact) mass is 229 g/mol. The molecule has 1 aliphatic carbocycles. The maximum Gasteiger partial charge on any atom is 0.166 e. The van der Waals surface area contributed by atoms with E-state index in [1.165, 1.54) is 0 Å². The maximum atomic E-state index is 13.5. The number of rotatable bonds is 2. The van der Waals surface area contributed by atoms with Gasteiger partial charge in [0.1, 0.15) is 5.82 Å². The molecule has 0 saturated heterocycles. The van der Waals surface area contributed by atoms with Gasteiger partial charge in [0.15, 0.2) is 11.6 Å². The van der Waals surface area contributed by atoms with Crippen LogP contribution in [0.25, 0.3) is 0 Å². The molecular formula is C12H14F3N. The van der Waals surface area contributed by atoms with Crippen LogP contribution in [0.1, 0.15) is 37.3 Å². The summed E-state index contributed by atoms with van der Waals surface area (Å²) in [5.41, 5.74) is 5.52. The van der Waals surface area contributed by atoms with Gasteiger partial charge in [-0.05, 0) is 30.9 Å². The molecule has 1 atom stereocenters. The lowest BCUT2D eigenvalue weighted by Crippen LogP contribution is -2.22. The Hall–Kier alpha value is -1.03. The van der Waals surface area contributed by atoms with Crippen LogP contribution in [-0.4, -0.2) is 0 Å². The van der Waals surface area contributed by atoms with Gasteiger partial charge in [-0.3, -0.25) is 0 Å². The molecule has 1 aromatic rings. The van der Waals surface area contributed by atoms with Crippen LogP contribution < -0.4 is 5.73 Å². The van der Waals surface area contributed by atoms with Crippen LogP contribution in [0.4, 0.5) is 13.2 Å². The smallest absolute Gasteiger partial charge is 0.166 e. The van der Waals surface area contributed by atoms with E-state index in [0.717, 1.165) is 37.8 Å². The predicted molar refractivity (Wildman–Crippen MR) is 55.2 cm³/mol. The fraction of sp³-hybridized carbons (Fsp3) is 0.500. The predicted octanol–water partition coefficient (Wildman–Crippen LogP) is 3.29. The SMILES string of the molecule is N[C@@H](c1c(F)ccc(F)c1F)C1CCCC1. The fourth-order valence-electron chi connectivity index (χ4n) is 2.40. The van der Waals surface area contributed by atoms with Crippen molar-refractivity contribution in [3.05, 3.63) is 35.1 Å². The lowest BCUT2D eigenvalue weighted by atomic mass is 9.91. The molecule has 1 fully saturated rings. The molecule has 0 aromatic heterocycles. The van der Waals surface area contributed by atoms with E-state index >= 15 is 0 Å². The third kappa shape index (κ3) is 1.94. The van der Waals surface area contributed by atoms with Crippen LogP contribution in [0.2, 0.25) is 0 Å². The van der Waals surface area contributed by atoms with Crippen molar-refractivity contribution in [1.82, 2.24) is 0 Å². The second-order valence-corrected chi connectivity index (χ2v) is 4.33. The van der Waals surface area contributed by atoms with E-state index in [2.05, 4.69) is 0 Å². The first-order valence-electron chi connectivity index (χ1n) is 5.50. The van der Waals surface area contributed by atoms with Crippen LogP contribution in [0, 0.1) is 23.4 Å². The molecule has 1 aliphatic rings. The van der Waals surface area contributed by atoms with Crippen molar-refractivity contribution in [3.63, 3.8) is 0 Å². The standard InChI is InChI=1S/C12H14F3N/c13-8-5-6-9(14)11(15)10(8)12(16)7-3-1-2-4-7/h5-7,12H,1-4,16H2/t12-/m1/s1. The van der Waals surface area contributed by atoms with Crippen molar-refractivity contribution in [1.29, 1.82) is 0 Å². The van der Waals surface area contributed by atoms with Crippen molar-refractivity contribution >= 4 is 0 Å². The van der Waals surface area contributed by atoms with Gasteiger partial charge in [-0.1, -0.05) is 12.8 Å². The van der Waals surface area contributed by atoms with E-state index in [1.54, 1.807) is 0 Å². The molecule has 0 spiro atoms. The number of hydrogen-bond acceptors (Lipinski definition) is 1. The van der Waals surface area contributed by atoms with E-state index < -0.39 is 23.5 Å². The molecule has 0 bridgehead atoms. The Bertz CT molecular complexity index is 386. The van der Waals surface area contributed by atoms with Crippen LogP contribution in [0.3, 0.4) is 0 Å². The summed E-state index contributed by atoms with van der Waals surface area (Å²) in [5.74, 6) is -2.87. The van der Waals surface area contributed by atoms with Crippen LogP contribution in [0.15, 0.2) is 12.1 Å². The van der Waals surface area contributed by atoms with Crippen LogP contribution in [0.5, 0.6) is 0 Å². The number of hydrogen-bond donors (Lipinski definition) is 1. The topological polar surface area (TPSA) is 26.0 Å². The summed E-state index contributed by atoms with van der Waals surface area (Å²) in [6, 6.07) is 0.983. The highest BCUT2D eigenvalue weighted by Gasteiger charge is 2.28. The largest absolute Gasteiger partial charge is 0.324 e. The third-order valence-electron chi connectivity index (χ3n) is 3.32. The van der Waals surface area contributed by atoms with Gasteiger partial charge in [-0.15, -0.1) is 0 Å². The van der Waals surface area contributed by atoms with Crippen molar-refractivity contribution in [2.24, 2.45) is 11.7 Å². The Labute approximate surface area is 92.5 Å². The van der Waals surface area contributed by atoms with Crippen molar-refractivity contribution in [3.8, 4) is 0 Å². The Morgan fingerprint density at radius 3 is 2.25 bits per heavy atom. The van der Waals surface area contributed by atoms with Crippen molar-refractivity contribution in [2.45, 2.75) is 31.7 Å². The van der Waals surface area contributed by atoms with E-state index in [4.69, 9.17) is 5.73 Å². The molecule has 0 radical (unpaired) electrons.